The lowest BCUT2D eigenvalue weighted by Crippen LogP contribution is -2.45. The smallest absolute Gasteiger partial charge is 0.244 e. The van der Waals surface area contributed by atoms with Crippen LogP contribution >= 0.6 is 11.8 Å². The van der Waals surface area contributed by atoms with E-state index in [2.05, 4.69) is 15.5 Å². The number of carbonyl (C=O) groups is 2. The number of hydrogen-bond acceptors (Lipinski definition) is 5. The van der Waals surface area contributed by atoms with Gasteiger partial charge in [0, 0.05) is 16.3 Å². The Labute approximate surface area is 189 Å². The number of para-hydroxylation sites is 2. The average Bonchev–Trinajstić information content (AvgIpc) is 2.83. The number of benzene rings is 3. The first kappa shape index (κ1) is 20.2. The molecule has 0 spiro atoms. The van der Waals surface area contributed by atoms with Gasteiger partial charge in [0.1, 0.15) is 17.3 Å². The van der Waals surface area contributed by atoms with Crippen molar-refractivity contribution in [2.45, 2.75) is 17.2 Å². The number of carbonyl (C=O) groups excluding carboxylic acids is 2. The van der Waals surface area contributed by atoms with Crippen LogP contribution in [0.15, 0.2) is 83.9 Å². The van der Waals surface area contributed by atoms with Crippen LogP contribution in [0.25, 0.3) is 22.0 Å². The summed E-state index contributed by atoms with van der Waals surface area (Å²) in [6, 6.07) is 25.2. The summed E-state index contributed by atoms with van der Waals surface area (Å²) >= 11 is 1.36. The standard InChI is InChI=1S/C25H20N4O2S/c1-16(25(31)29-15-22(30)26-20-13-7-8-14-21(20)29)32-24-19-12-6-5-11-18(19)23(27-28-24)17-9-3-2-4-10-17/h2-14,16H,15H2,1H3,(H,26,30)/t16-/m1/s1. The molecule has 6 nitrogen and oxygen atoms in total. The van der Waals surface area contributed by atoms with Gasteiger partial charge in [0.2, 0.25) is 11.8 Å². The van der Waals surface area contributed by atoms with Crippen molar-refractivity contribution in [3.05, 3.63) is 78.9 Å². The number of nitrogens with one attached hydrogen (secondary N) is 1. The molecule has 1 aliphatic rings. The van der Waals surface area contributed by atoms with Gasteiger partial charge in [-0.3, -0.25) is 14.5 Å². The zero-order valence-electron chi connectivity index (χ0n) is 17.4. The molecule has 1 aliphatic heterocycles. The largest absolute Gasteiger partial charge is 0.323 e. The molecule has 2 heterocycles. The summed E-state index contributed by atoms with van der Waals surface area (Å²) in [5.41, 5.74) is 3.16. The highest BCUT2D eigenvalue weighted by molar-refractivity contribution is 8.00. The zero-order valence-corrected chi connectivity index (χ0v) is 18.2. The second kappa shape index (κ2) is 8.43. The van der Waals surface area contributed by atoms with E-state index in [1.807, 2.05) is 79.7 Å². The number of hydrogen-bond donors (Lipinski definition) is 1. The maximum absolute atomic E-state index is 13.3. The molecule has 0 aliphatic carbocycles. The van der Waals surface area contributed by atoms with Crippen molar-refractivity contribution < 1.29 is 9.59 Å². The van der Waals surface area contributed by atoms with Crippen LogP contribution in [0.2, 0.25) is 0 Å². The van der Waals surface area contributed by atoms with Crippen molar-refractivity contribution in [1.29, 1.82) is 0 Å². The molecule has 2 amide bonds. The second-order valence-electron chi connectivity index (χ2n) is 7.52. The maximum atomic E-state index is 13.3. The molecule has 0 radical (unpaired) electrons. The third-order valence-corrected chi connectivity index (χ3v) is 6.45. The third-order valence-electron chi connectivity index (χ3n) is 5.37. The van der Waals surface area contributed by atoms with E-state index >= 15 is 0 Å². The van der Waals surface area contributed by atoms with Gasteiger partial charge in [-0.1, -0.05) is 78.5 Å². The average molecular weight is 441 g/mol. The maximum Gasteiger partial charge on any atom is 0.244 e. The van der Waals surface area contributed by atoms with Gasteiger partial charge in [-0.25, -0.2) is 0 Å². The lowest BCUT2D eigenvalue weighted by atomic mass is 10.1. The number of anilines is 2. The van der Waals surface area contributed by atoms with Crippen molar-refractivity contribution in [2.24, 2.45) is 0 Å². The first-order valence-corrected chi connectivity index (χ1v) is 11.2. The Hall–Kier alpha value is -3.71. The highest BCUT2D eigenvalue weighted by atomic mass is 32.2. The predicted octanol–water partition coefficient (Wildman–Crippen LogP) is 4.76. The summed E-state index contributed by atoms with van der Waals surface area (Å²) in [6.45, 7) is 1.84. The van der Waals surface area contributed by atoms with Gasteiger partial charge in [-0.05, 0) is 19.1 Å². The number of nitrogens with zero attached hydrogens (tertiary/aromatic N) is 3. The molecule has 0 fully saturated rings. The zero-order chi connectivity index (χ0) is 22.1. The van der Waals surface area contributed by atoms with Crippen molar-refractivity contribution in [3.8, 4) is 11.3 Å². The summed E-state index contributed by atoms with van der Waals surface area (Å²) in [7, 11) is 0. The van der Waals surface area contributed by atoms with Crippen LogP contribution in [-0.2, 0) is 9.59 Å². The Kier molecular flexibility index (Phi) is 5.33. The molecule has 1 atom stereocenters. The fraction of sp³-hybridized carbons (Fsp3) is 0.120. The Morgan fingerprint density at radius 1 is 0.938 bits per heavy atom. The molecular formula is C25H20N4O2S. The van der Waals surface area contributed by atoms with Crippen molar-refractivity contribution in [3.63, 3.8) is 0 Å². The summed E-state index contributed by atoms with van der Waals surface area (Å²) in [6.07, 6.45) is 0. The number of thioether (sulfide) groups is 1. The highest BCUT2D eigenvalue weighted by Crippen LogP contribution is 2.35. The van der Waals surface area contributed by atoms with Gasteiger partial charge in [-0.15, -0.1) is 10.2 Å². The van der Waals surface area contributed by atoms with Crippen LogP contribution in [0.3, 0.4) is 0 Å². The normalized spacial score (nSPS) is 14.0. The molecule has 0 saturated carbocycles. The molecule has 7 heteroatoms. The van der Waals surface area contributed by atoms with Crippen LogP contribution in [0.1, 0.15) is 6.92 Å². The highest BCUT2D eigenvalue weighted by Gasteiger charge is 2.30. The van der Waals surface area contributed by atoms with Crippen LogP contribution in [0, 0.1) is 0 Å². The first-order valence-electron chi connectivity index (χ1n) is 10.3. The topological polar surface area (TPSA) is 75.2 Å². The lowest BCUT2D eigenvalue weighted by molar-refractivity contribution is -0.121. The van der Waals surface area contributed by atoms with Gasteiger partial charge in [0.25, 0.3) is 0 Å². The summed E-state index contributed by atoms with van der Waals surface area (Å²) in [5.74, 6) is -0.345. The Balaban J connectivity index is 1.47. The molecule has 158 valence electrons. The van der Waals surface area contributed by atoms with Crippen LogP contribution in [-0.4, -0.2) is 33.8 Å². The van der Waals surface area contributed by atoms with Gasteiger partial charge in [0.05, 0.1) is 16.6 Å². The van der Waals surface area contributed by atoms with E-state index < -0.39 is 5.25 Å². The molecule has 1 N–H and O–H groups in total. The molecular weight excluding hydrogens is 420 g/mol. The van der Waals surface area contributed by atoms with Crippen molar-refractivity contribution in [2.75, 3.05) is 16.8 Å². The molecule has 4 aromatic rings. The summed E-state index contributed by atoms with van der Waals surface area (Å²) in [4.78, 5) is 27.0. The molecule has 5 rings (SSSR count). The van der Waals surface area contributed by atoms with Crippen molar-refractivity contribution in [1.82, 2.24) is 10.2 Å². The SMILES string of the molecule is C[C@@H](Sc1nnc(-c2ccccc2)c2ccccc12)C(=O)N1CC(=O)Nc2ccccc21. The Morgan fingerprint density at radius 3 is 2.44 bits per heavy atom. The number of fused-ring (bicyclic) bond motifs is 2. The van der Waals surface area contributed by atoms with Gasteiger partial charge < -0.3 is 5.32 Å². The fourth-order valence-corrected chi connectivity index (χ4v) is 4.80. The van der Waals surface area contributed by atoms with Crippen LogP contribution in [0.4, 0.5) is 11.4 Å². The van der Waals surface area contributed by atoms with E-state index in [1.165, 1.54) is 11.8 Å². The van der Waals surface area contributed by atoms with E-state index in [1.54, 1.807) is 11.0 Å². The van der Waals surface area contributed by atoms with E-state index in [4.69, 9.17) is 0 Å². The van der Waals surface area contributed by atoms with Crippen LogP contribution < -0.4 is 10.2 Å². The lowest BCUT2D eigenvalue weighted by Gasteiger charge is -2.30. The minimum absolute atomic E-state index is 0.000117. The van der Waals surface area contributed by atoms with Gasteiger partial charge in [0.15, 0.2) is 0 Å². The first-order chi connectivity index (χ1) is 15.6. The van der Waals surface area contributed by atoms with Crippen LogP contribution in [0.5, 0.6) is 0 Å². The number of amides is 2. The minimum Gasteiger partial charge on any atom is -0.323 e. The predicted molar refractivity (Wildman–Crippen MR) is 128 cm³/mol. The van der Waals surface area contributed by atoms with E-state index in [9.17, 15) is 9.59 Å². The van der Waals surface area contributed by atoms with E-state index in [0.29, 0.717) is 16.4 Å². The quantitative estimate of drug-likeness (QED) is 0.463. The van der Waals surface area contributed by atoms with E-state index in [0.717, 1.165) is 22.0 Å². The van der Waals surface area contributed by atoms with Gasteiger partial charge >= 0.3 is 0 Å². The molecule has 32 heavy (non-hydrogen) atoms. The Bertz CT molecular complexity index is 1330. The van der Waals surface area contributed by atoms with Gasteiger partial charge in [-0.2, -0.15) is 0 Å². The number of rotatable bonds is 4. The molecule has 1 aromatic heterocycles. The second-order valence-corrected chi connectivity index (χ2v) is 8.84. The van der Waals surface area contributed by atoms with E-state index in [-0.39, 0.29) is 18.4 Å². The summed E-state index contributed by atoms with van der Waals surface area (Å²) < 4.78 is 0. The number of aromatic nitrogens is 2. The molecule has 3 aromatic carbocycles. The monoisotopic (exact) mass is 440 g/mol. The molecule has 0 bridgehead atoms. The third kappa shape index (κ3) is 3.71. The summed E-state index contributed by atoms with van der Waals surface area (Å²) in [5, 5.41) is 14.0. The Morgan fingerprint density at radius 2 is 1.62 bits per heavy atom. The molecule has 0 saturated heterocycles. The van der Waals surface area contributed by atoms with Crippen molar-refractivity contribution >= 4 is 45.7 Å². The molecule has 0 unspecified atom stereocenters. The fourth-order valence-electron chi connectivity index (χ4n) is 3.84. The minimum atomic E-state index is -0.450.